The van der Waals surface area contributed by atoms with Crippen LogP contribution in [0.2, 0.25) is 0 Å². The predicted octanol–water partition coefficient (Wildman–Crippen LogP) is 4.51. The molecular weight excluding hydrogens is 494 g/mol. The molecule has 0 aliphatic carbocycles. The largest absolute Gasteiger partial charge is 0.494 e. The number of carbonyl (C=O) groups is 2. The van der Waals surface area contributed by atoms with Gasteiger partial charge in [0.05, 0.1) is 24.9 Å². The highest BCUT2D eigenvalue weighted by Gasteiger charge is 2.32. The van der Waals surface area contributed by atoms with E-state index in [-0.39, 0.29) is 24.9 Å². The van der Waals surface area contributed by atoms with Gasteiger partial charge in [-0.05, 0) is 54.4 Å². The number of nitrogens with one attached hydrogen (secondary N) is 1. The molecule has 198 valence electrons. The van der Waals surface area contributed by atoms with E-state index in [0.29, 0.717) is 35.7 Å². The zero-order valence-corrected chi connectivity index (χ0v) is 21.6. The molecule has 0 aliphatic heterocycles. The Hall–Kier alpha value is -4.92. The molecule has 2 amide bonds. The lowest BCUT2D eigenvalue weighted by atomic mass is 10.0. The summed E-state index contributed by atoms with van der Waals surface area (Å²) in [5.74, 6) is 0.614. The molecule has 5 aromatic rings. The molecule has 0 aliphatic rings. The third kappa shape index (κ3) is 6.15. The lowest BCUT2D eigenvalue weighted by molar-refractivity contribution is -0.142. The SMILES string of the molecule is CCOc1ccc([C@H](C(=O)NCc2ccccc2)N(Cc2ccco2)C(=O)Cn2nnc3ccccc32)cc1. The summed E-state index contributed by atoms with van der Waals surface area (Å²) in [7, 11) is 0. The van der Waals surface area contributed by atoms with Crippen LogP contribution in [0, 0.1) is 0 Å². The summed E-state index contributed by atoms with van der Waals surface area (Å²) in [6.07, 6.45) is 1.55. The van der Waals surface area contributed by atoms with Crippen molar-refractivity contribution in [1.82, 2.24) is 25.2 Å². The molecule has 9 nitrogen and oxygen atoms in total. The van der Waals surface area contributed by atoms with Crippen LogP contribution >= 0.6 is 0 Å². The first-order chi connectivity index (χ1) is 19.1. The van der Waals surface area contributed by atoms with Gasteiger partial charge in [-0.15, -0.1) is 5.10 Å². The molecule has 2 heterocycles. The molecule has 0 radical (unpaired) electrons. The van der Waals surface area contributed by atoms with Crippen molar-refractivity contribution in [3.63, 3.8) is 0 Å². The molecule has 1 N–H and O–H groups in total. The van der Waals surface area contributed by atoms with Gasteiger partial charge in [0.1, 0.15) is 29.6 Å². The van der Waals surface area contributed by atoms with E-state index < -0.39 is 6.04 Å². The van der Waals surface area contributed by atoms with Gasteiger partial charge in [0.2, 0.25) is 11.8 Å². The van der Waals surface area contributed by atoms with Crippen molar-refractivity contribution in [2.45, 2.75) is 32.6 Å². The summed E-state index contributed by atoms with van der Waals surface area (Å²) in [6.45, 7) is 2.75. The molecule has 1 atom stereocenters. The van der Waals surface area contributed by atoms with Crippen LogP contribution in [0.5, 0.6) is 5.75 Å². The minimum Gasteiger partial charge on any atom is -0.494 e. The quantitative estimate of drug-likeness (QED) is 0.273. The van der Waals surface area contributed by atoms with E-state index in [9.17, 15) is 9.59 Å². The van der Waals surface area contributed by atoms with Crippen molar-refractivity contribution < 1.29 is 18.7 Å². The number of rotatable bonds is 11. The number of furan rings is 1. The van der Waals surface area contributed by atoms with Gasteiger partial charge in [-0.1, -0.05) is 59.8 Å². The molecule has 2 aromatic heterocycles. The summed E-state index contributed by atoms with van der Waals surface area (Å²) in [5, 5.41) is 11.4. The third-order valence-electron chi connectivity index (χ3n) is 6.31. The summed E-state index contributed by atoms with van der Waals surface area (Å²) >= 11 is 0. The lowest BCUT2D eigenvalue weighted by Crippen LogP contribution is -2.44. The fourth-order valence-corrected chi connectivity index (χ4v) is 4.41. The zero-order valence-electron chi connectivity index (χ0n) is 21.6. The average molecular weight is 524 g/mol. The summed E-state index contributed by atoms with van der Waals surface area (Å²) in [5.41, 5.74) is 3.02. The first-order valence-corrected chi connectivity index (χ1v) is 12.8. The molecule has 0 bridgehead atoms. The van der Waals surface area contributed by atoms with Crippen LogP contribution in [0.25, 0.3) is 11.0 Å². The van der Waals surface area contributed by atoms with Gasteiger partial charge >= 0.3 is 0 Å². The fraction of sp³-hybridized carbons (Fsp3) is 0.200. The highest BCUT2D eigenvalue weighted by Crippen LogP contribution is 2.27. The van der Waals surface area contributed by atoms with Crippen LogP contribution in [-0.2, 0) is 29.2 Å². The maximum atomic E-state index is 13.9. The molecular formula is C30H29N5O4. The smallest absolute Gasteiger partial charge is 0.247 e. The van der Waals surface area contributed by atoms with Crippen LogP contribution in [0.4, 0.5) is 0 Å². The Morgan fingerprint density at radius 1 is 0.974 bits per heavy atom. The number of para-hydroxylation sites is 1. The van der Waals surface area contributed by atoms with Crippen LogP contribution in [0.1, 0.15) is 29.9 Å². The minimum absolute atomic E-state index is 0.0924. The predicted molar refractivity (Wildman–Crippen MR) is 145 cm³/mol. The molecule has 0 fully saturated rings. The Kier molecular flexibility index (Phi) is 7.97. The number of carbonyl (C=O) groups excluding carboxylic acids is 2. The van der Waals surface area contributed by atoms with Crippen LogP contribution in [0.3, 0.4) is 0 Å². The van der Waals surface area contributed by atoms with Gasteiger partial charge in [0, 0.05) is 6.54 Å². The first kappa shape index (κ1) is 25.7. The fourth-order valence-electron chi connectivity index (χ4n) is 4.41. The number of ether oxygens (including phenoxy) is 1. The zero-order chi connectivity index (χ0) is 27.0. The number of nitrogens with zero attached hydrogens (tertiary/aromatic N) is 4. The average Bonchev–Trinajstić information content (AvgIpc) is 3.63. The van der Waals surface area contributed by atoms with Crippen molar-refractivity contribution in [3.05, 3.63) is 114 Å². The maximum absolute atomic E-state index is 13.9. The third-order valence-corrected chi connectivity index (χ3v) is 6.31. The van der Waals surface area contributed by atoms with E-state index in [4.69, 9.17) is 9.15 Å². The molecule has 9 heteroatoms. The van der Waals surface area contributed by atoms with Gasteiger partial charge in [0.25, 0.3) is 0 Å². The first-order valence-electron chi connectivity index (χ1n) is 12.8. The monoisotopic (exact) mass is 523 g/mol. The Morgan fingerprint density at radius 2 is 1.74 bits per heavy atom. The second-order valence-electron chi connectivity index (χ2n) is 8.94. The topological polar surface area (TPSA) is 102 Å². The normalized spacial score (nSPS) is 11.7. The molecule has 0 spiro atoms. The van der Waals surface area contributed by atoms with Crippen molar-refractivity contribution >= 4 is 22.8 Å². The Balaban J connectivity index is 1.49. The Labute approximate surface area is 226 Å². The Bertz CT molecular complexity index is 1510. The number of hydrogen-bond acceptors (Lipinski definition) is 6. The van der Waals surface area contributed by atoms with Crippen LogP contribution < -0.4 is 10.1 Å². The summed E-state index contributed by atoms with van der Waals surface area (Å²) < 4.78 is 12.7. The van der Waals surface area contributed by atoms with Gasteiger partial charge in [-0.2, -0.15) is 0 Å². The number of hydrogen-bond donors (Lipinski definition) is 1. The highest BCUT2D eigenvalue weighted by atomic mass is 16.5. The summed E-state index contributed by atoms with van der Waals surface area (Å²) in [4.78, 5) is 29.3. The number of aromatic nitrogens is 3. The molecule has 0 unspecified atom stereocenters. The van der Waals surface area contributed by atoms with Crippen molar-refractivity contribution in [1.29, 1.82) is 0 Å². The van der Waals surface area contributed by atoms with E-state index in [1.807, 2.05) is 73.7 Å². The van der Waals surface area contributed by atoms with E-state index in [2.05, 4.69) is 15.6 Å². The van der Waals surface area contributed by atoms with Gasteiger partial charge in [-0.25, -0.2) is 4.68 Å². The number of fused-ring (bicyclic) bond motifs is 1. The van der Waals surface area contributed by atoms with E-state index in [1.54, 1.807) is 35.2 Å². The second kappa shape index (κ2) is 12.1. The Morgan fingerprint density at radius 3 is 2.49 bits per heavy atom. The number of benzene rings is 3. The van der Waals surface area contributed by atoms with Crippen LogP contribution in [0.15, 0.2) is 102 Å². The van der Waals surface area contributed by atoms with Gasteiger partial charge in [0.15, 0.2) is 0 Å². The van der Waals surface area contributed by atoms with E-state index in [0.717, 1.165) is 11.1 Å². The highest BCUT2D eigenvalue weighted by molar-refractivity contribution is 5.89. The number of amides is 2. The summed E-state index contributed by atoms with van der Waals surface area (Å²) in [6, 6.07) is 26.9. The van der Waals surface area contributed by atoms with E-state index in [1.165, 1.54) is 4.90 Å². The van der Waals surface area contributed by atoms with Crippen molar-refractivity contribution in [2.75, 3.05) is 6.61 Å². The molecule has 39 heavy (non-hydrogen) atoms. The van der Waals surface area contributed by atoms with Crippen molar-refractivity contribution in [2.24, 2.45) is 0 Å². The maximum Gasteiger partial charge on any atom is 0.247 e. The lowest BCUT2D eigenvalue weighted by Gasteiger charge is -2.31. The van der Waals surface area contributed by atoms with Gasteiger partial charge < -0.3 is 19.4 Å². The molecule has 0 saturated heterocycles. The van der Waals surface area contributed by atoms with Crippen molar-refractivity contribution in [3.8, 4) is 5.75 Å². The molecule has 3 aromatic carbocycles. The van der Waals surface area contributed by atoms with Gasteiger partial charge in [-0.3, -0.25) is 9.59 Å². The minimum atomic E-state index is -0.934. The molecule has 0 saturated carbocycles. The molecule has 5 rings (SSSR count). The van der Waals surface area contributed by atoms with Crippen LogP contribution in [-0.4, -0.2) is 38.3 Å². The van der Waals surface area contributed by atoms with E-state index >= 15 is 0 Å². The standard InChI is InChI=1S/C30H29N5O4/c1-2-38-24-16-14-23(15-17-24)29(30(37)31-19-22-9-4-3-5-10-22)34(20-25-11-8-18-39-25)28(36)21-35-27-13-7-6-12-26(27)32-33-35/h3-18,29H,2,19-21H2,1H3,(H,31,37)/t29-/m1/s1. The second-order valence-corrected chi connectivity index (χ2v) is 8.94.